The average Bonchev–Trinajstić information content (AvgIpc) is 3.48. The maximum absolute atomic E-state index is 12.3. The van der Waals surface area contributed by atoms with E-state index in [1.807, 2.05) is 59.3 Å². The van der Waals surface area contributed by atoms with Gasteiger partial charge in [-0.2, -0.15) is 15.9 Å². The molecule has 0 aliphatic carbocycles. The van der Waals surface area contributed by atoms with E-state index >= 15 is 0 Å². The number of piperazine rings is 1. The van der Waals surface area contributed by atoms with Crippen LogP contribution in [0, 0.1) is 0 Å². The van der Waals surface area contributed by atoms with E-state index in [0.717, 1.165) is 54.6 Å². The molecule has 0 bridgehead atoms. The van der Waals surface area contributed by atoms with Crippen LogP contribution in [0.25, 0.3) is 17.0 Å². The zero-order chi connectivity index (χ0) is 21.0. The summed E-state index contributed by atoms with van der Waals surface area (Å²) >= 11 is 1.63. The lowest BCUT2D eigenvalue weighted by Crippen LogP contribution is -2.49. The molecule has 1 aliphatic rings. The molecule has 4 heterocycles. The van der Waals surface area contributed by atoms with E-state index in [-0.39, 0.29) is 5.91 Å². The summed E-state index contributed by atoms with van der Waals surface area (Å²) in [5, 5.41) is 20.4. The van der Waals surface area contributed by atoms with Gasteiger partial charge in [0.1, 0.15) is 5.82 Å². The third kappa shape index (κ3) is 4.42. The second-order valence-electron chi connectivity index (χ2n) is 7.52. The molecule has 0 atom stereocenters. The largest absolute Gasteiger partial charge is 0.353 e. The Labute approximate surface area is 184 Å². The second-order valence-corrected chi connectivity index (χ2v) is 8.30. The summed E-state index contributed by atoms with van der Waals surface area (Å²) in [6.07, 6.45) is 0. The summed E-state index contributed by atoms with van der Waals surface area (Å²) in [4.78, 5) is 16.7. The molecule has 0 radical (unpaired) electrons. The number of fused-ring (bicyclic) bond motifs is 1. The number of aromatic nitrogens is 4. The van der Waals surface area contributed by atoms with Crippen LogP contribution in [-0.4, -0.2) is 63.3 Å². The van der Waals surface area contributed by atoms with Crippen LogP contribution in [0.4, 0.5) is 5.82 Å². The van der Waals surface area contributed by atoms with Gasteiger partial charge in [0.15, 0.2) is 11.5 Å². The van der Waals surface area contributed by atoms with E-state index < -0.39 is 0 Å². The summed E-state index contributed by atoms with van der Waals surface area (Å²) in [5.41, 5.74) is 2.87. The minimum atomic E-state index is 0.0572. The number of thiophene rings is 1. The van der Waals surface area contributed by atoms with E-state index in [1.165, 1.54) is 0 Å². The van der Waals surface area contributed by atoms with Crippen molar-refractivity contribution in [3.63, 3.8) is 0 Å². The Bertz CT molecular complexity index is 1150. The molecule has 3 aromatic heterocycles. The van der Waals surface area contributed by atoms with Crippen LogP contribution in [0.5, 0.6) is 0 Å². The summed E-state index contributed by atoms with van der Waals surface area (Å²) in [7, 11) is 0. The number of hydrogen-bond acceptors (Lipinski definition) is 7. The van der Waals surface area contributed by atoms with Gasteiger partial charge in [0.05, 0.1) is 6.54 Å². The van der Waals surface area contributed by atoms with Crippen molar-refractivity contribution in [2.45, 2.75) is 6.54 Å². The number of amides is 1. The van der Waals surface area contributed by atoms with E-state index in [0.29, 0.717) is 13.1 Å². The van der Waals surface area contributed by atoms with Gasteiger partial charge in [0, 0.05) is 43.7 Å². The van der Waals surface area contributed by atoms with Crippen molar-refractivity contribution in [2.75, 3.05) is 37.6 Å². The molecule has 4 aromatic rings. The predicted octanol–water partition coefficient (Wildman–Crippen LogP) is 2.29. The molecule has 1 fully saturated rings. The van der Waals surface area contributed by atoms with Gasteiger partial charge >= 0.3 is 0 Å². The molecule has 31 heavy (non-hydrogen) atoms. The summed E-state index contributed by atoms with van der Waals surface area (Å²) in [5.74, 6) is 1.71. The van der Waals surface area contributed by atoms with Crippen LogP contribution in [-0.2, 0) is 11.3 Å². The molecule has 8 nitrogen and oxygen atoms in total. The topological polar surface area (TPSA) is 78.7 Å². The molecule has 0 unspecified atom stereocenters. The Morgan fingerprint density at radius 1 is 1.00 bits per heavy atom. The molecular weight excluding hydrogens is 410 g/mol. The lowest BCUT2D eigenvalue weighted by atomic mass is 10.2. The molecule has 158 valence electrons. The van der Waals surface area contributed by atoms with Crippen LogP contribution in [0.3, 0.4) is 0 Å². The molecule has 1 aromatic carbocycles. The van der Waals surface area contributed by atoms with Gasteiger partial charge < -0.3 is 10.2 Å². The van der Waals surface area contributed by atoms with Crippen molar-refractivity contribution in [1.82, 2.24) is 30.0 Å². The second kappa shape index (κ2) is 8.83. The van der Waals surface area contributed by atoms with Crippen molar-refractivity contribution in [1.29, 1.82) is 0 Å². The molecule has 1 saturated heterocycles. The van der Waals surface area contributed by atoms with Crippen LogP contribution in [0.1, 0.15) is 5.56 Å². The summed E-state index contributed by atoms with van der Waals surface area (Å²) < 4.78 is 1.81. The van der Waals surface area contributed by atoms with Crippen LogP contribution in [0.2, 0.25) is 0 Å². The van der Waals surface area contributed by atoms with Crippen molar-refractivity contribution in [3.05, 3.63) is 64.9 Å². The number of benzene rings is 1. The van der Waals surface area contributed by atoms with E-state index in [2.05, 4.69) is 25.3 Å². The highest BCUT2D eigenvalue weighted by molar-refractivity contribution is 7.08. The first kappa shape index (κ1) is 19.7. The molecule has 1 amide bonds. The Kier molecular flexibility index (Phi) is 5.59. The minimum Gasteiger partial charge on any atom is -0.353 e. The lowest BCUT2D eigenvalue weighted by Gasteiger charge is -2.34. The Hall–Kier alpha value is -3.30. The Morgan fingerprint density at radius 3 is 2.61 bits per heavy atom. The fourth-order valence-electron chi connectivity index (χ4n) is 3.71. The van der Waals surface area contributed by atoms with Gasteiger partial charge in [0.2, 0.25) is 5.91 Å². The number of nitrogens with zero attached hydrogens (tertiary/aromatic N) is 6. The normalized spacial score (nSPS) is 14.8. The highest BCUT2D eigenvalue weighted by Crippen LogP contribution is 2.22. The van der Waals surface area contributed by atoms with Crippen molar-refractivity contribution < 1.29 is 4.79 Å². The molecule has 0 spiro atoms. The van der Waals surface area contributed by atoms with E-state index in [1.54, 1.807) is 15.9 Å². The van der Waals surface area contributed by atoms with Crippen molar-refractivity contribution >= 4 is 28.7 Å². The number of carbonyl (C=O) groups excluding carboxylic acids is 1. The lowest BCUT2D eigenvalue weighted by molar-refractivity contribution is -0.122. The van der Waals surface area contributed by atoms with Crippen LogP contribution < -0.4 is 10.2 Å². The van der Waals surface area contributed by atoms with Gasteiger partial charge in [-0.1, -0.05) is 30.3 Å². The Balaban J connectivity index is 1.18. The first-order valence-corrected chi connectivity index (χ1v) is 11.2. The smallest absolute Gasteiger partial charge is 0.234 e. The highest BCUT2D eigenvalue weighted by atomic mass is 32.1. The van der Waals surface area contributed by atoms with Gasteiger partial charge in [-0.15, -0.1) is 15.3 Å². The highest BCUT2D eigenvalue weighted by Gasteiger charge is 2.21. The molecular formula is C22H23N7OS. The fraction of sp³-hybridized carbons (Fsp3) is 0.273. The maximum atomic E-state index is 12.3. The molecule has 1 aliphatic heterocycles. The quantitative estimate of drug-likeness (QED) is 0.503. The molecule has 1 N–H and O–H groups in total. The number of carbonyl (C=O) groups is 1. The number of hydrogen-bond donors (Lipinski definition) is 1. The fourth-order valence-corrected chi connectivity index (χ4v) is 4.34. The first-order chi connectivity index (χ1) is 15.3. The summed E-state index contributed by atoms with van der Waals surface area (Å²) in [6.45, 7) is 4.26. The third-order valence-corrected chi connectivity index (χ3v) is 6.11. The van der Waals surface area contributed by atoms with Gasteiger partial charge in [-0.05, 0) is 29.1 Å². The summed E-state index contributed by atoms with van der Waals surface area (Å²) in [6, 6.07) is 15.9. The number of nitrogens with one attached hydrogen (secondary N) is 1. The maximum Gasteiger partial charge on any atom is 0.234 e. The van der Waals surface area contributed by atoms with E-state index in [9.17, 15) is 4.79 Å². The Morgan fingerprint density at radius 2 is 1.84 bits per heavy atom. The van der Waals surface area contributed by atoms with Gasteiger partial charge in [-0.3, -0.25) is 9.69 Å². The molecule has 9 heteroatoms. The van der Waals surface area contributed by atoms with Gasteiger partial charge in [0.25, 0.3) is 0 Å². The zero-order valence-corrected chi connectivity index (χ0v) is 17.8. The SMILES string of the molecule is O=C(CN1CCN(c2ccc3nnc(-c4ccsc4)n3n2)CC1)NCc1ccccc1. The van der Waals surface area contributed by atoms with Crippen LogP contribution in [0.15, 0.2) is 59.3 Å². The predicted molar refractivity (Wildman–Crippen MR) is 121 cm³/mol. The first-order valence-electron chi connectivity index (χ1n) is 10.3. The molecule has 5 rings (SSSR count). The number of anilines is 1. The van der Waals surface area contributed by atoms with Gasteiger partial charge in [-0.25, -0.2) is 0 Å². The van der Waals surface area contributed by atoms with Crippen molar-refractivity contribution in [2.24, 2.45) is 0 Å². The van der Waals surface area contributed by atoms with Crippen LogP contribution >= 0.6 is 11.3 Å². The minimum absolute atomic E-state index is 0.0572. The third-order valence-electron chi connectivity index (χ3n) is 5.42. The zero-order valence-electron chi connectivity index (χ0n) is 17.0. The monoisotopic (exact) mass is 433 g/mol. The van der Waals surface area contributed by atoms with Crippen molar-refractivity contribution in [3.8, 4) is 11.4 Å². The standard InChI is InChI=1S/C22H23N7OS/c30-21(23-14-17-4-2-1-3-5-17)15-27-9-11-28(12-10-27)20-7-6-19-24-25-22(29(19)26-20)18-8-13-31-16-18/h1-8,13,16H,9-12,14-15H2,(H,23,30). The molecule has 0 saturated carbocycles. The number of rotatable bonds is 6. The van der Waals surface area contributed by atoms with E-state index in [4.69, 9.17) is 5.10 Å². The average molecular weight is 434 g/mol.